The third-order valence-corrected chi connectivity index (χ3v) is 5.23. The van der Waals surface area contributed by atoms with E-state index in [4.69, 9.17) is 5.26 Å². The summed E-state index contributed by atoms with van der Waals surface area (Å²) in [5, 5.41) is 10.9. The number of nitrogens with zero attached hydrogens (tertiary/aromatic N) is 3. The van der Waals surface area contributed by atoms with Gasteiger partial charge in [-0.2, -0.15) is 5.26 Å². The standard InChI is InChI=1S/C18H20FN3S/c19-18-12-15(13-20)3-4-16(18)14-22-9-7-21(8-10-22)6-5-17-2-1-11-23-17/h1-4,11-12H,5-10,14H2. The van der Waals surface area contributed by atoms with Crippen LogP contribution in [-0.4, -0.2) is 42.5 Å². The number of nitriles is 1. The molecular formula is C18H20FN3S. The second-order valence-corrected chi connectivity index (χ2v) is 6.90. The molecule has 3 nitrogen and oxygen atoms in total. The van der Waals surface area contributed by atoms with Crippen molar-refractivity contribution in [3.05, 3.63) is 57.5 Å². The zero-order chi connectivity index (χ0) is 16.1. The van der Waals surface area contributed by atoms with Crippen LogP contribution < -0.4 is 0 Å². The van der Waals surface area contributed by atoms with E-state index < -0.39 is 0 Å². The molecule has 2 heterocycles. The third-order valence-electron chi connectivity index (χ3n) is 4.30. The highest BCUT2D eigenvalue weighted by molar-refractivity contribution is 7.09. The van der Waals surface area contributed by atoms with Gasteiger partial charge in [-0.1, -0.05) is 12.1 Å². The predicted molar refractivity (Wildman–Crippen MR) is 90.9 cm³/mol. The maximum absolute atomic E-state index is 14.0. The summed E-state index contributed by atoms with van der Waals surface area (Å²) in [4.78, 5) is 6.20. The Bertz CT molecular complexity index is 670. The van der Waals surface area contributed by atoms with Crippen LogP contribution in [0.25, 0.3) is 0 Å². The molecule has 1 saturated heterocycles. The summed E-state index contributed by atoms with van der Waals surface area (Å²) >= 11 is 1.82. The van der Waals surface area contributed by atoms with Crippen molar-refractivity contribution in [2.24, 2.45) is 0 Å². The summed E-state index contributed by atoms with van der Waals surface area (Å²) in [5.74, 6) is -0.274. The van der Waals surface area contributed by atoms with Crippen molar-refractivity contribution >= 4 is 11.3 Å². The Hall–Kier alpha value is -1.74. The van der Waals surface area contributed by atoms with Crippen LogP contribution in [0.4, 0.5) is 4.39 Å². The average molecular weight is 329 g/mol. The van der Waals surface area contributed by atoms with Crippen LogP contribution >= 0.6 is 11.3 Å². The molecule has 2 aromatic rings. The van der Waals surface area contributed by atoms with Gasteiger partial charge in [0.1, 0.15) is 5.82 Å². The minimum absolute atomic E-state index is 0.274. The van der Waals surface area contributed by atoms with Gasteiger partial charge in [0.2, 0.25) is 0 Å². The molecular weight excluding hydrogens is 309 g/mol. The highest BCUT2D eigenvalue weighted by atomic mass is 32.1. The topological polar surface area (TPSA) is 30.3 Å². The molecule has 1 aliphatic heterocycles. The lowest BCUT2D eigenvalue weighted by Crippen LogP contribution is -2.46. The quantitative estimate of drug-likeness (QED) is 0.844. The van der Waals surface area contributed by atoms with E-state index in [0.29, 0.717) is 17.7 Å². The van der Waals surface area contributed by atoms with Gasteiger partial charge >= 0.3 is 0 Å². The lowest BCUT2D eigenvalue weighted by molar-refractivity contribution is 0.127. The molecule has 5 heteroatoms. The van der Waals surface area contributed by atoms with Crippen molar-refractivity contribution in [1.29, 1.82) is 5.26 Å². The number of rotatable bonds is 5. The lowest BCUT2D eigenvalue weighted by atomic mass is 10.1. The fourth-order valence-electron chi connectivity index (χ4n) is 2.88. The molecule has 0 unspecified atom stereocenters. The monoisotopic (exact) mass is 329 g/mol. The molecule has 0 radical (unpaired) electrons. The Morgan fingerprint density at radius 2 is 1.91 bits per heavy atom. The van der Waals surface area contributed by atoms with Gasteiger partial charge in [-0.05, 0) is 30.0 Å². The van der Waals surface area contributed by atoms with Gasteiger partial charge in [0, 0.05) is 49.7 Å². The first kappa shape index (κ1) is 16.1. The molecule has 0 N–H and O–H groups in total. The second-order valence-electron chi connectivity index (χ2n) is 5.87. The molecule has 0 aliphatic carbocycles. The second kappa shape index (κ2) is 7.69. The lowest BCUT2D eigenvalue weighted by Gasteiger charge is -2.34. The Balaban J connectivity index is 1.46. The maximum atomic E-state index is 14.0. The average Bonchev–Trinajstić information content (AvgIpc) is 3.09. The van der Waals surface area contributed by atoms with Crippen LogP contribution in [0.3, 0.4) is 0 Å². The van der Waals surface area contributed by atoms with Gasteiger partial charge < -0.3 is 4.90 Å². The summed E-state index contributed by atoms with van der Waals surface area (Å²) in [7, 11) is 0. The minimum Gasteiger partial charge on any atom is -0.300 e. The van der Waals surface area contributed by atoms with Crippen molar-refractivity contribution < 1.29 is 4.39 Å². The number of halogens is 1. The molecule has 120 valence electrons. The molecule has 3 rings (SSSR count). The number of thiophene rings is 1. The van der Waals surface area contributed by atoms with Crippen LogP contribution in [0, 0.1) is 17.1 Å². The van der Waals surface area contributed by atoms with Crippen LogP contribution in [0.1, 0.15) is 16.0 Å². The first-order chi connectivity index (χ1) is 11.2. The van der Waals surface area contributed by atoms with Gasteiger partial charge in [0.05, 0.1) is 11.6 Å². The molecule has 1 fully saturated rings. The number of hydrogen-bond donors (Lipinski definition) is 0. The van der Waals surface area contributed by atoms with Crippen LogP contribution in [0.5, 0.6) is 0 Å². The highest BCUT2D eigenvalue weighted by Crippen LogP contribution is 2.15. The minimum atomic E-state index is -0.274. The Kier molecular flexibility index (Phi) is 5.39. The van der Waals surface area contributed by atoms with E-state index in [1.165, 1.54) is 10.9 Å². The van der Waals surface area contributed by atoms with E-state index in [2.05, 4.69) is 27.3 Å². The number of hydrogen-bond acceptors (Lipinski definition) is 4. The SMILES string of the molecule is N#Cc1ccc(CN2CCN(CCc3cccs3)CC2)c(F)c1. The largest absolute Gasteiger partial charge is 0.300 e. The van der Waals surface area contributed by atoms with Crippen molar-refractivity contribution in [3.8, 4) is 6.07 Å². The highest BCUT2D eigenvalue weighted by Gasteiger charge is 2.18. The van der Waals surface area contributed by atoms with E-state index in [1.807, 2.05) is 17.4 Å². The molecule has 0 atom stereocenters. The zero-order valence-electron chi connectivity index (χ0n) is 13.0. The van der Waals surface area contributed by atoms with Crippen molar-refractivity contribution in [2.75, 3.05) is 32.7 Å². The molecule has 0 spiro atoms. The molecule has 0 bridgehead atoms. The van der Waals surface area contributed by atoms with E-state index in [0.717, 1.165) is 39.1 Å². The molecule has 0 saturated carbocycles. The van der Waals surface area contributed by atoms with Gasteiger partial charge in [0.15, 0.2) is 0 Å². The fraction of sp³-hybridized carbons (Fsp3) is 0.389. The smallest absolute Gasteiger partial charge is 0.129 e. The van der Waals surface area contributed by atoms with Crippen LogP contribution in [-0.2, 0) is 13.0 Å². The van der Waals surface area contributed by atoms with Crippen molar-refractivity contribution in [1.82, 2.24) is 9.80 Å². The number of benzene rings is 1. The fourth-order valence-corrected chi connectivity index (χ4v) is 3.58. The van der Waals surface area contributed by atoms with Gasteiger partial charge in [-0.3, -0.25) is 4.90 Å². The maximum Gasteiger partial charge on any atom is 0.129 e. The van der Waals surface area contributed by atoms with Gasteiger partial charge in [-0.15, -0.1) is 11.3 Å². The Morgan fingerprint density at radius 1 is 1.13 bits per heavy atom. The summed E-state index contributed by atoms with van der Waals surface area (Å²) < 4.78 is 14.0. The van der Waals surface area contributed by atoms with E-state index in [9.17, 15) is 4.39 Å². The first-order valence-corrected chi connectivity index (χ1v) is 8.78. The van der Waals surface area contributed by atoms with Crippen LogP contribution in [0.2, 0.25) is 0 Å². The van der Waals surface area contributed by atoms with Gasteiger partial charge in [-0.25, -0.2) is 4.39 Å². The number of piperazine rings is 1. The normalized spacial score (nSPS) is 16.3. The zero-order valence-corrected chi connectivity index (χ0v) is 13.9. The summed E-state index contributed by atoms with van der Waals surface area (Å²) in [5.41, 5.74) is 1.06. The summed E-state index contributed by atoms with van der Waals surface area (Å²) in [6, 6.07) is 11.0. The van der Waals surface area contributed by atoms with Gasteiger partial charge in [0.25, 0.3) is 0 Å². The third kappa shape index (κ3) is 4.38. The van der Waals surface area contributed by atoms with E-state index in [1.54, 1.807) is 12.1 Å². The molecule has 1 aliphatic rings. The molecule has 1 aromatic heterocycles. The Morgan fingerprint density at radius 3 is 2.57 bits per heavy atom. The first-order valence-electron chi connectivity index (χ1n) is 7.90. The Labute approximate surface area is 140 Å². The van der Waals surface area contributed by atoms with E-state index >= 15 is 0 Å². The molecule has 1 aromatic carbocycles. The summed E-state index contributed by atoms with van der Waals surface area (Å²) in [6.07, 6.45) is 1.11. The summed E-state index contributed by atoms with van der Waals surface area (Å²) in [6.45, 7) is 5.70. The van der Waals surface area contributed by atoms with Crippen molar-refractivity contribution in [2.45, 2.75) is 13.0 Å². The van der Waals surface area contributed by atoms with Crippen molar-refractivity contribution in [3.63, 3.8) is 0 Å². The van der Waals surface area contributed by atoms with E-state index in [-0.39, 0.29) is 5.82 Å². The molecule has 23 heavy (non-hydrogen) atoms. The molecule has 0 amide bonds. The predicted octanol–water partition coefficient (Wildman–Crippen LogP) is 3.12. The van der Waals surface area contributed by atoms with Crippen LogP contribution in [0.15, 0.2) is 35.7 Å².